The van der Waals surface area contributed by atoms with Crippen LogP contribution in [0.4, 0.5) is 5.69 Å². The van der Waals surface area contributed by atoms with Gasteiger partial charge in [-0.15, -0.1) is 0 Å². The zero-order valence-corrected chi connectivity index (χ0v) is 17.2. The third-order valence-corrected chi connectivity index (χ3v) is 4.40. The monoisotopic (exact) mass is 394 g/mol. The lowest BCUT2D eigenvalue weighted by Crippen LogP contribution is -2.40. The molecule has 1 aromatic carbocycles. The van der Waals surface area contributed by atoms with E-state index in [-0.39, 0.29) is 17.3 Å². The summed E-state index contributed by atoms with van der Waals surface area (Å²) in [5, 5.41) is 21.8. The van der Waals surface area contributed by atoms with Crippen molar-refractivity contribution < 1.29 is 9.90 Å². The fourth-order valence-electron chi connectivity index (χ4n) is 3.05. The van der Waals surface area contributed by atoms with Gasteiger partial charge in [-0.2, -0.15) is 0 Å². The molecule has 152 valence electrons. The highest BCUT2D eigenvalue weighted by molar-refractivity contribution is 6.14. The first kappa shape index (κ1) is 20.5. The van der Waals surface area contributed by atoms with Gasteiger partial charge < -0.3 is 21.1 Å². The molecule has 2 aromatic heterocycles. The quantitative estimate of drug-likeness (QED) is 0.342. The smallest absolute Gasteiger partial charge is 0.255 e. The van der Waals surface area contributed by atoms with Crippen LogP contribution >= 0.6 is 0 Å². The normalized spacial score (nSPS) is 12.2. The SMILES string of the molecule is CC(C)(C)NC(=O)c1c[nH]c2ncc(C(=N)c3cccc(C(C)(C)O)c3N)nc12. The molecule has 0 aliphatic rings. The summed E-state index contributed by atoms with van der Waals surface area (Å²) in [7, 11) is 0. The number of hydrogen-bond acceptors (Lipinski definition) is 6. The maximum atomic E-state index is 12.6. The molecule has 0 spiro atoms. The Labute approximate surface area is 169 Å². The van der Waals surface area contributed by atoms with Crippen molar-refractivity contribution in [3.05, 3.63) is 53.0 Å². The summed E-state index contributed by atoms with van der Waals surface area (Å²) in [5.74, 6) is -0.273. The van der Waals surface area contributed by atoms with Crippen LogP contribution in [0.3, 0.4) is 0 Å². The number of para-hydroxylation sites is 1. The molecular formula is C21H26N6O2. The van der Waals surface area contributed by atoms with Crippen LogP contribution in [0.5, 0.6) is 0 Å². The number of aromatic nitrogens is 3. The molecule has 29 heavy (non-hydrogen) atoms. The van der Waals surface area contributed by atoms with Crippen molar-refractivity contribution in [1.29, 1.82) is 5.41 Å². The van der Waals surface area contributed by atoms with Crippen LogP contribution in [0.15, 0.2) is 30.6 Å². The fourth-order valence-corrected chi connectivity index (χ4v) is 3.05. The van der Waals surface area contributed by atoms with Gasteiger partial charge in [-0.25, -0.2) is 9.97 Å². The fraction of sp³-hybridized carbons (Fsp3) is 0.333. The minimum atomic E-state index is -1.14. The zero-order valence-electron chi connectivity index (χ0n) is 17.2. The van der Waals surface area contributed by atoms with E-state index in [9.17, 15) is 9.90 Å². The molecule has 0 saturated carbocycles. The third-order valence-electron chi connectivity index (χ3n) is 4.40. The van der Waals surface area contributed by atoms with Crippen molar-refractivity contribution in [2.45, 2.75) is 45.8 Å². The van der Waals surface area contributed by atoms with E-state index in [2.05, 4.69) is 20.3 Å². The minimum Gasteiger partial charge on any atom is -0.398 e. The number of carbonyl (C=O) groups excluding carboxylic acids is 1. The van der Waals surface area contributed by atoms with E-state index >= 15 is 0 Å². The lowest BCUT2D eigenvalue weighted by molar-refractivity contribution is 0.0793. The molecule has 0 saturated heterocycles. The minimum absolute atomic E-state index is 0.0615. The molecule has 0 aliphatic carbocycles. The molecule has 3 rings (SSSR count). The van der Waals surface area contributed by atoms with Crippen LogP contribution < -0.4 is 11.1 Å². The number of nitrogen functional groups attached to an aromatic ring is 1. The van der Waals surface area contributed by atoms with Gasteiger partial charge in [-0.05, 0) is 34.6 Å². The van der Waals surface area contributed by atoms with Crippen molar-refractivity contribution in [3.63, 3.8) is 0 Å². The van der Waals surface area contributed by atoms with Gasteiger partial charge in [0.25, 0.3) is 5.91 Å². The Morgan fingerprint density at radius 3 is 2.52 bits per heavy atom. The number of fused-ring (bicyclic) bond motifs is 1. The first-order valence-electron chi connectivity index (χ1n) is 9.26. The second-order valence-electron chi connectivity index (χ2n) is 8.56. The van der Waals surface area contributed by atoms with Crippen LogP contribution in [0, 0.1) is 5.41 Å². The number of H-pyrrole nitrogens is 1. The summed E-state index contributed by atoms with van der Waals surface area (Å²) in [6.45, 7) is 8.95. The maximum absolute atomic E-state index is 12.6. The van der Waals surface area contributed by atoms with Crippen molar-refractivity contribution >= 4 is 28.5 Å². The molecule has 0 atom stereocenters. The number of aliphatic hydroxyl groups is 1. The molecule has 0 fully saturated rings. The van der Waals surface area contributed by atoms with Crippen molar-refractivity contribution in [3.8, 4) is 0 Å². The number of amides is 1. The Bertz CT molecular complexity index is 1100. The van der Waals surface area contributed by atoms with Gasteiger partial charge in [0.15, 0.2) is 5.65 Å². The first-order valence-corrected chi connectivity index (χ1v) is 9.26. The van der Waals surface area contributed by atoms with Gasteiger partial charge in [-0.1, -0.05) is 18.2 Å². The molecule has 8 nitrogen and oxygen atoms in total. The van der Waals surface area contributed by atoms with E-state index < -0.39 is 11.1 Å². The van der Waals surface area contributed by atoms with E-state index in [0.29, 0.717) is 33.5 Å². The van der Waals surface area contributed by atoms with E-state index in [1.165, 1.54) is 6.20 Å². The summed E-state index contributed by atoms with van der Waals surface area (Å²) in [6, 6.07) is 5.16. The number of hydrogen-bond donors (Lipinski definition) is 5. The average Bonchev–Trinajstić information content (AvgIpc) is 3.02. The molecule has 2 heterocycles. The van der Waals surface area contributed by atoms with Gasteiger partial charge in [0.05, 0.1) is 23.1 Å². The standard InChI is InChI=1S/C21H26N6O2/c1-20(2,3)27-19(28)12-9-24-18-17(12)26-14(10-25-18)16(23)11-7-6-8-13(15(11)22)21(4,5)29/h6-10,23,29H,22H2,1-5H3,(H,24,25)(H,27,28). The second-order valence-corrected chi connectivity index (χ2v) is 8.56. The van der Waals surface area contributed by atoms with Crippen LogP contribution in [0.25, 0.3) is 11.2 Å². The maximum Gasteiger partial charge on any atom is 0.255 e. The summed E-state index contributed by atoms with van der Waals surface area (Å²) < 4.78 is 0. The van der Waals surface area contributed by atoms with E-state index in [0.717, 1.165) is 0 Å². The lowest BCUT2D eigenvalue weighted by Gasteiger charge is -2.21. The summed E-state index contributed by atoms with van der Waals surface area (Å²) in [4.78, 5) is 24.3. The summed E-state index contributed by atoms with van der Waals surface area (Å²) in [6.07, 6.45) is 3.02. The number of aromatic amines is 1. The Morgan fingerprint density at radius 2 is 1.90 bits per heavy atom. The molecule has 0 bridgehead atoms. The van der Waals surface area contributed by atoms with E-state index in [4.69, 9.17) is 11.1 Å². The Morgan fingerprint density at radius 1 is 1.21 bits per heavy atom. The number of benzene rings is 1. The highest BCUT2D eigenvalue weighted by Gasteiger charge is 2.24. The van der Waals surface area contributed by atoms with E-state index in [1.807, 2.05) is 20.8 Å². The predicted molar refractivity (Wildman–Crippen MR) is 113 cm³/mol. The van der Waals surface area contributed by atoms with Gasteiger partial charge in [-0.3, -0.25) is 10.2 Å². The summed E-state index contributed by atoms with van der Waals surface area (Å²) in [5.41, 5.74) is 7.50. The molecule has 8 heteroatoms. The molecule has 6 N–H and O–H groups in total. The molecular weight excluding hydrogens is 368 g/mol. The van der Waals surface area contributed by atoms with Crippen LogP contribution in [-0.2, 0) is 5.60 Å². The highest BCUT2D eigenvalue weighted by Crippen LogP contribution is 2.29. The van der Waals surface area contributed by atoms with Crippen LogP contribution in [-0.4, -0.2) is 37.2 Å². The topological polar surface area (TPSA) is 141 Å². The number of rotatable bonds is 4. The number of nitrogens with zero attached hydrogens (tertiary/aromatic N) is 2. The molecule has 1 amide bonds. The number of anilines is 1. The van der Waals surface area contributed by atoms with Gasteiger partial charge in [0.1, 0.15) is 11.2 Å². The second kappa shape index (κ2) is 6.97. The highest BCUT2D eigenvalue weighted by atomic mass is 16.3. The van der Waals surface area contributed by atoms with Crippen LogP contribution in [0.2, 0.25) is 0 Å². The first-order chi connectivity index (χ1) is 13.4. The number of carbonyl (C=O) groups is 1. The Hall–Kier alpha value is -3.26. The van der Waals surface area contributed by atoms with Gasteiger partial charge in [0, 0.05) is 28.6 Å². The Kier molecular flexibility index (Phi) is 4.92. The van der Waals surface area contributed by atoms with Crippen molar-refractivity contribution in [2.24, 2.45) is 0 Å². The number of nitrogens with one attached hydrogen (secondary N) is 3. The lowest BCUT2D eigenvalue weighted by atomic mass is 9.92. The van der Waals surface area contributed by atoms with Crippen molar-refractivity contribution in [1.82, 2.24) is 20.3 Å². The van der Waals surface area contributed by atoms with Crippen LogP contribution in [0.1, 0.15) is 61.8 Å². The van der Waals surface area contributed by atoms with Gasteiger partial charge in [0.2, 0.25) is 0 Å². The molecule has 0 aliphatic heterocycles. The predicted octanol–water partition coefficient (Wildman–Crippen LogP) is 2.71. The molecule has 0 radical (unpaired) electrons. The zero-order chi connectivity index (χ0) is 21.6. The summed E-state index contributed by atoms with van der Waals surface area (Å²) >= 11 is 0. The average molecular weight is 394 g/mol. The molecule has 3 aromatic rings. The third kappa shape index (κ3) is 4.12. The van der Waals surface area contributed by atoms with Crippen molar-refractivity contribution in [2.75, 3.05) is 5.73 Å². The largest absolute Gasteiger partial charge is 0.398 e. The number of nitrogens with two attached hydrogens (primary N) is 1. The van der Waals surface area contributed by atoms with E-state index in [1.54, 1.807) is 38.2 Å². The molecule has 0 unspecified atom stereocenters. The van der Waals surface area contributed by atoms with Gasteiger partial charge >= 0.3 is 0 Å². The Balaban J connectivity index is 2.04.